The molecule has 1 aromatic heterocycles. The second-order valence-electron chi connectivity index (χ2n) is 4.98. The number of rotatable bonds is 7. The van der Waals surface area contributed by atoms with Crippen LogP contribution in [0.25, 0.3) is 0 Å². The van der Waals surface area contributed by atoms with Gasteiger partial charge < -0.3 is 15.4 Å². The molecule has 1 amide bonds. The molecule has 1 aromatic carbocycles. The van der Waals surface area contributed by atoms with Crippen LogP contribution in [0.5, 0.6) is 5.75 Å². The lowest BCUT2D eigenvalue weighted by molar-refractivity contribution is -0.127. The van der Waals surface area contributed by atoms with E-state index in [4.69, 9.17) is 16.3 Å². The van der Waals surface area contributed by atoms with Crippen molar-refractivity contribution in [2.45, 2.75) is 20.0 Å². The molecule has 122 valence electrons. The first-order valence-corrected chi connectivity index (χ1v) is 7.64. The van der Waals surface area contributed by atoms with Crippen LogP contribution in [0.3, 0.4) is 0 Å². The van der Waals surface area contributed by atoms with E-state index in [2.05, 4.69) is 20.6 Å². The Hall–Kier alpha value is -2.34. The van der Waals surface area contributed by atoms with Crippen molar-refractivity contribution in [1.82, 2.24) is 15.3 Å². The third-order valence-electron chi connectivity index (χ3n) is 3.10. The standard InChI is InChI=1S/C16H19ClN4O2/c1-11-9-13(17)3-4-14(11)23-12(2)16(22)21-8-7-20-15-10-18-5-6-19-15/h3-6,9-10,12H,7-8H2,1-2H3,(H,19,20)(H,21,22)/t12-/m0/s1. The van der Waals surface area contributed by atoms with E-state index in [1.54, 1.807) is 43.7 Å². The Morgan fingerprint density at radius 2 is 2.17 bits per heavy atom. The Kier molecular flexibility index (Phi) is 6.17. The Labute approximate surface area is 140 Å². The van der Waals surface area contributed by atoms with Crippen molar-refractivity contribution in [2.24, 2.45) is 0 Å². The predicted molar refractivity (Wildman–Crippen MR) is 89.8 cm³/mol. The summed E-state index contributed by atoms with van der Waals surface area (Å²) in [5, 5.41) is 6.50. The summed E-state index contributed by atoms with van der Waals surface area (Å²) in [5.41, 5.74) is 0.890. The zero-order chi connectivity index (χ0) is 16.7. The van der Waals surface area contributed by atoms with E-state index in [0.717, 1.165) is 5.56 Å². The highest BCUT2D eigenvalue weighted by atomic mass is 35.5. The molecule has 0 aliphatic rings. The van der Waals surface area contributed by atoms with Gasteiger partial charge in [-0.1, -0.05) is 11.6 Å². The van der Waals surface area contributed by atoms with Gasteiger partial charge in [0.1, 0.15) is 11.6 Å². The number of aryl methyl sites for hydroxylation is 1. The molecule has 2 aromatic rings. The minimum absolute atomic E-state index is 0.180. The summed E-state index contributed by atoms with van der Waals surface area (Å²) in [7, 11) is 0. The number of hydrogen-bond donors (Lipinski definition) is 2. The number of aromatic nitrogens is 2. The lowest BCUT2D eigenvalue weighted by Crippen LogP contribution is -2.38. The fraction of sp³-hybridized carbons (Fsp3) is 0.312. The third-order valence-corrected chi connectivity index (χ3v) is 3.34. The van der Waals surface area contributed by atoms with E-state index < -0.39 is 6.10 Å². The molecule has 0 radical (unpaired) electrons. The largest absolute Gasteiger partial charge is 0.481 e. The number of benzene rings is 1. The lowest BCUT2D eigenvalue weighted by Gasteiger charge is -2.16. The van der Waals surface area contributed by atoms with Crippen molar-refractivity contribution in [3.05, 3.63) is 47.4 Å². The average molecular weight is 335 g/mol. The van der Waals surface area contributed by atoms with Gasteiger partial charge in [-0.15, -0.1) is 0 Å². The fourth-order valence-corrected chi connectivity index (χ4v) is 2.13. The maximum Gasteiger partial charge on any atom is 0.260 e. The van der Waals surface area contributed by atoms with Crippen molar-refractivity contribution in [3.63, 3.8) is 0 Å². The summed E-state index contributed by atoms with van der Waals surface area (Å²) in [6, 6.07) is 5.29. The predicted octanol–water partition coefficient (Wildman–Crippen LogP) is 2.43. The number of nitrogens with one attached hydrogen (secondary N) is 2. The number of hydrogen-bond acceptors (Lipinski definition) is 5. The molecule has 1 heterocycles. The zero-order valence-corrected chi connectivity index (χ0v) is 13.8. The highest BCUT2D eigenvalue weighted by Gasteiger charge is 2.15. The molecule has 2 rings (SSSR count). The Balaban J connectivity index is 1.74. The van der Waals surface area contributed by atoms with E-state index in [-0.39, 0.29) is 5.91 Å². The number of ether oxygens (including phenoxy) is 1. The summed E-state index contributed by atoms with van der Waals surface area (Å²) in [6.45, 7) is 4.61. The molecule has 0 saturated heterocycles. The Bertz CT molecular complexity index is 652. The van der Waals surface area contributed by atoms with Gasteiger partial charge in [0.2, 0.25) is 0 Å². The van der Waals surface area contributed by atoms with E-state index in [1.807, 2.05) is 6.92 Å². The minimum atomic E-state index is -0.591. The molecule has 6 nitrogen and oxygen atoms in total. The zero-order valence-electron chi connectivity index (χ0n) is 13.0. The normalized spacial score (nSPS) is 11.6. The number of amides is 1. The van der Waals surface area contributed by atoms with Crippen molar-refractivity contribution < 1.29 is 9.53 Å². The minimum Gasteiger partial charge on any atom is -0.481 e. The van der Waals surface area contributed by atoms with Gasteiger partial charge in [0.25, 0.3) is 5.91 Å². The first-order valence-electron chi connectivity index (χ1n) is 7.26. The van der Waals surface area contributed by atoms with Crippen LogP contribution in [0.15, 0.2) is 36.8 Å². The van der Waals surface area contributed by atoms with Gasteiger partial charge in [-0.25, -0.2) is 4.98 Å². The summed E-state index contributed by atoms with van der Waals surface area (Å²) in [5.74, 6) is 1.14. The average Bonchev–Trinajstić information content (AvgIpc) is 2.55. The highest BCUT2D eigenvalue weighted by Crippen LogP contribution is 2.22. The number of anilines is 1. The van der Waals surface area contributed by atoms with Gasteiger partial charge in [0, 0.05) is 30.5 Å². The van der Waals surface area contributed by atoms with Crippen LogP contribution in [0.1, 0.15) is 12.5 Å². The number of nitrogens with zero attached hydrogens (tertiary/aromatic N) is 2. The molecule has 0 aliphatic carbocycles. The molecule has 2 N–H and O–H groups in total. The molecule has 23 heavy (non-hydrogen) atoms. The van der Waals surface area contributed by atoms with Crippen LogP contribution in [-0.4, -0.2) is 35.1 Å². The molecular weight excluding hydrogens is 316 g/mol. The van der Waals surface area contributed by atoms with Crippen LogP contribution >= 0.6 is 11.6 Å². The monoisotopic (exact) mass is 334 g/mol. The van der Waals surface area contributed by atoms with Crippen LogP contribution in [0.4, 0.5) is 5.82 Å². The van der Waals surface area contributed by atoms with E-state index in [0.29, 0.717) is 29.7 Å². The van der Waals surface area contributed by atoms with Gasteiger partial charge in [0.05, 0.1) is 6.20 Å². The van der Waals surface area contributed by atoms with E-state index in [9.17, 15) is 4.79 Å². The van der Waals surface area contributed by atoms with Crippen molar-refractivity contribution >= 4 is 23.3 Å². The summed E-state index contributed by atoms with van der Waals surface area (Å²) in [6.07, 6.45) is 4.23. The number of carbonyl (C=O) groups is 1. The molecule has 0 unspecified atom stereocenters. The smallest absolute Gasteiger partial charge is 0.260 e. The summed E-state index contributed by atoms with van der Waals surface area (Å²) < 4.78 is 5.66. The van der Waals surface area contributed by atoms with Crippen LogP contribution < -0.4 is 15.4 Å². The van der Waals surface area contributed by atoms with E-state index >= 15 is 0 Å². The number of carbonyl (C=O) groups excluding carboxylic acids is 1. The molecule has 0 saturated carbocycles. The van der Waals surface area contributed by atoms with Crippen LogP contribution in [0.2, 0.25) is 5.02 Å². The topological polar surface area (TPSA) is 76.1 Å². The van der Waals surface area contributed by atoms with Crippen molar-refractivity contribution in [2.75, 3.05) is 18.4 Å². The highest BCUT2D eigenvalue weighted by molar-refractivity contribution is 6.30. The SMILES string of the molecule is Cc1cc(Cl)ccc1O[C@@H](C)C(=O)NCCNc1cnccn1. The lowest BCUT2D eigenvalue weighted by atomic mass is 10.2. The van der Waals surface area contributed by atoms with Crippen LogP contribution in [0, 0.1) is 6.92 Å². The van der Waals surface area contributed by atoms with Crippen LogP contribution in [-0.2, 0) is 4.79 Å². The van der Waals surface area contributed by atoms with Crippen molar-refractivity contribution in [1.29, 1.82) is 0 Å². The van der Waals surface area contributed by atoms with Crippen molar-refractivity contribution in [3.8, 4) is 5.75 Å². The molecule has 0 fully saturated rings. The molecular formula is C16H19ClN4O2. The maximum absolute atomic E-state index is 12.0. The first-order chi connectivity index (χ1) is 11.1. The molecule has 0 spiro atoms. The van der Waals surface area contributed by atoms with Gasteiger partial charge in [-0.05, 0) is 37.6 Å². The molecule has 0 aliphatic heterocycles. The van der Waals surface area contributed by atoms with E-state index in [1.165, 1.54) is 0 Å². The Morgan fingerprint density at radius 1 is 1.35 bits per heavy atom. The van der Waals surface area contributed by atoms with Gasteiger partial charge in [0.15, 0.2) is 6.10 Å². The second-order valence-corrected chi connectivity index (χ2v) is 5.41. The summed E-state index contributed by atoms with van der Waals surface area (Å²) in [4.78, 5) is 20.0. The second kappa shape index (κ2) is 8.33. The first kappa shape index (κ1) is 17.0. The van der Waals surface area contributed by atoms with Gasteiger partial charge >= 0.3 is 0 Å². The maximum atomic E-state index is 12.0. The Morgan fingerprint density at radius 3 is 2.87 bits per heavy atom. The molecule has 1 atom stereocenters. The fourth-order valence-electron chi connectivity index (χ4n) is 1.90. The molecule has 0 bridgehead atoms. The molecule has 7 heteroatoms. The quantitative estimate of drug-likeness (QED) is 0.761. The third kappa shape index (κ3) is 5.41. The number of halogens is 1. The van der Waals surface area contributed by atoms with Gasteiger partial charge in [-0.2, -0.15) is 0 Å². The van der Waals surface area contributed by atoms with Gasteiger partial charge in [-0.3, -0.25) is 9.78 Å². The summed E-state index contributed by atoms with van der Waals surface area (Å²) >= 11 is 5.90.